The number of nitrogens with zero attached hydrogens (tertiary/aromatic N) is 2. The molecule has 0 aliphatic carbocycles. The molecule has 1 aromatic heterocycles. The van der Waals surface area contributed by atoms with Crippen molar-refractivity contribution in [2.75, 3.05) is 26.7 Å². The number of likely N-dealkylation sites (tertiary alicyclic amines) is 1. The van der Waals surface area contributed by atoms with Crippen LogP contribution in [0.1, 0.15) is 42.7 Å². The van der Waals surface area contributed by atoms with Crippen LogP contribution in [0.15, 0.2) is 42.5 Å². The normalized spacial score (nSPS) is 18.8. The number of hydrogen-bond donors (Lipinski definition) is 0. The van der Waals surface area contributed by atoms with Gasteiger partial charge < -0.3 is 9.64 Å². The topological polar surface area (TPSA) is 25.4 Å². The molecule has 28 heavy (non-hydrogen) atoms. The van der Waals surface area contributed by atoms with E-state index in [1.54, 1.807) is 6.92 Å². The molecule has 7 heteroatoms. The Hall–Kier alpha value is -1.99. The van der Waals surface area contributed by atoms with E-state index in [4.69, 9.17) is 4.74 Å². The summed E-state index contributed by atoms with van der Waals surface area (Å²) in [6, 6.07) is 11.3. The minimum Gasteiger partial charge on any atom is -0.371 e. The first kappa shape index (κ1) is 20.7. The van der Waals surface area contributed by atoms with Gasteiger partial charge in [-0.2, -0.15) is 17.6 Å². The van der Waals surface area contributed by atoms with E-state index < -0.39 is 23.8 Å². The first-order valence-corrected chi connectivity index (χ1v) is 9.30. The lowest BCUT2D eigenvalue weighted by Gasteiger charge is -2.41. The van der Waals surface area contributed by atoms with E-state index in [0.717, 1.165) is 37.6 Å². The van der Waals surface area contributed by atoms with E-state index >= 15 is 0 Å². The predicted molar refractivity (Wildman–Crippen MR) is 98.4 cm³/mol. The number of pyridine rings is 1. The molecular weight excluding hydrogens is 372 g/mol. The van der Waals surface area contributed by atoms with Crippen molar-refractivity contribution in [1.29, 1.82) is 0 Å². The molecule has 0 radical (unpaired) electrons. The van der Waals surface area contributed by atoms with Gasteiger partial charge in [0.25, 0.3) is 0 Å². The predicted octanol–water partition coefficient (Wildman–Crippen LogP) is 4.98. The molecule has 0 amide bonds. The van der Waals surface area contributed by atoms with E-state index in [-0.39, 0.29) is 11.1 Å². The van der Waals surface area contributed by atoms with Gasteiger partial charge in [-0.25, -0.2) is 4.98 Å². The number of benzene rings is 1. The standard InChI is InChI=1S/C21H24F4N2O/c1-15(18-12-17(21(23,24)25)13-19(22)26-18)28-14-20(8-10-27(2)11-9-20)16-6-4-3-5-7-16/h3-7,12-13,15H,8-11,14H2,1-2H3. The van der Waals surface area contributed by atoms with Gasteiger partial charge in [0, 0.05) is 11.5 Å². The lowest BCUT2D eigenvalue weighted by Crippen LogP contribution is -2.44. The number of rotatable bonds is 5. The van der Waals surface area contributed by atoms with E-state index in [2.05, 4.69) is 29.1 Å². The van der Waals surface area contributed by atoms with Gasteiger partial charge in [-0.1, -0.05) is 30.3 Å². The molecule has 1 aliphatic rings. The molecule has 3 nitrogen and oxygen atoms in total. The van der Waals surface area contributed by atoms with Gasteiger partial charge in [-0.05, 0) is 51.5 Å². The van der Waals surface area contributed by atoms with Gasteiger partial charge in [-0.15, -0.1) is 0 Å². The molecule has 0 bridgehead atoms. The van der Waals surface area contributed by atoms with Gasteiger partial charge in [0.05, 0.1) is 24.0 Å². The Balaban J connectivity index is 1.80. The Bertz CT molecular complexity index is 787. The summed E-state index contributed by atoms with van der Waals surface area (Å²) >= 11 is 0. The highest BCUT2D eigenvalue weighted by Crippen LogP contribution is 2.37. The zero-order valence-corrected chi connectivity index (χ0v) is 16.0. The van der Waals surface area contributed by atoms with Crippen LogP contribution in [-0.4, -0.2) is 36.6 Å². The first-order chi connectivity index (χ1) is 13.2. The summed E-state index contributed by atoms with van der Waals surface area (Å²) in [6.45, 7) is 3.76. The summed E-state index contributed by atoms with van der Waals surface area (Å²) in [5.74, 6) is -1.16. The summed E-state index contributed by atoms with van der Waals surface area (Å²) in [5.41, 5.74) is -0.174. The van der Waals surface area contributed by atoms with Gasteiger partial charge in [0.1, 0.15) is 0 Å². The van der Waals surface area contributed by atoms with Crippen LogP contribution in [-0.2, 0) is 16.3 Å². The number of ether oxygens (including phenoxy) is 1. The number of halogens is 4. The Labute approximate surface area is 162 Å². The van der Waals surface area contributed by atoms with Crippen LogP contribution in [0.2, 0.25) is 0 Å². The second-order valence-corrected chi connectivity index (χ2v) is 7.50. The zero-order chi connectivity index (χ0) is 20.4. The van der Waals surface area contributed by atoms with Crippen LogP contribution in [0, 0.1) is 5.95 Å². The van der Waals surface area contributed by atoms with Crippen molar-refractivity contribution >= 4 is 0 Å². The molecule has 1 atom stereocenters. The smallest absolute Gasteiger partial charge is 0.371 e. The molecule has 152 valence electrons. The van der Waals surface area contributed by atoms with Gasteiger partial charge in [0.15, 0.2) is 0 Å². The molecule has 2 aromatic rings. The maximum absolute atomic E-state index is 13.6. The summed E-state index contributed by atoms with van der Waals surface area (Å²) in [7, 11) is 2.06. The van der Waals surface area contributed by atoms with Crippen molar-refractivity contribution < 1.29 is 22.3 Å². The van der Waals surface area contributed by atoms with Crippen LogP contribution >= 0.6 is 0 Å². The maximum atomic E-state index is 13.6. The number of aromatic nitrogens is 1. The summed E-state index contributed by atoms with van der Waals surface area (Å²) in [5, 5.41) is 0. The van der Waals surface area contributed by atoms with Crippen molar-refractivity contribution in [3.8, 4) is 0 Å². The SMILES string of the molecule is CC(OCC1(c2ccccc2)CCN(C)CC1)c1cc(C(F)(F)F)cc(F)n1. The molecule has 1 aliphatic heterocycles. The monoisotopic (exact) mass is 396 g/mol. The Morgan fingerprint density at radius 3 is 2.39 bits per heavy atom. The van der Waals surface area contributed by atoms with Gasteiger partial charge in [-0.3, -0.25) is 0 Å². The quantitative estimate of drug-likeness (QED) is 0.526. The van der Waals surface area contributed by atoms with E-state index in [0.29, 0.717) is 12.7 Å². The lowest BCUT2D eigenvalue weighted by molar-refractivity contribution is -0.138. The fraction of sp³-hybridized carbons (Fsp3) is 0.476. The summed E-state index contributed by atoms with van der Waals surface area (Å²) in [6.07, 6.45) is -3.62. The summed E-state index contributed by atoms with van der Waals surface area (Å²) < 4.78 is 58.5. The van der Waals surface area contributed by atoms with Crippen molar-refractivity contribution in [3.05, 3.63) is 65.2 Å². The van der Waals surface area contributed by atoms with Gasteiger partial charge in [0.2, 0.25) is 5.95 Å². The van der Waals surface area contributed by atoms with Crippen molar-refractivity contribution in [1.82, 2.24) is 9.88 Å². The third-order valence-corrected chi connectivity index (χ3v) is 5.50. The molecule has 0 saturated carbocycles. The fourth-order valence-electron chi connectivity index (χ4n) is 3.61. The average Bonchev–Trinajstić information content (AvgIpc) is 2.67. The number of piperidine rings is 1. The molecule has 1 saturated heterocycles. The van der Waals surface area contributed by atoms with Gasteiger partial charge >= 0.3 is 6.18 Å². The third-order valence-electron chi connectivity index (χ3n) is 5.50. The highest BCUT2D eigenvalue weighted by atomic mass is 19.4. The molecule has 1 fully saturated rings. The van der Waals surface area contributed by atoms with Crippen LogP contribution in [0.25, 0.3) is 0 Å². The zero-order valence-electron chi connectivity index (χ0n) is 16.0. The highest BCUT2D eigenvalue weighted by Gasteiger charge is 2.37. The largest absolute Gasteiger partial charge is 0.416 e. The van der Waals surface area contributed by atoms with Crippen molar-refractivity contribution in [2.24, 2.45) is 0 Å². The second-order valence-electron chi connectivity index (χ2n) is 7.50. The summed E-state index contributed by atoms with van der Waals surface area (Å²) in [4.78, 5) is 5.86. The Kier molecular flexibility index (Phi) is 6.05. The average molecular weight is 396 g/mol. The fourth-order valence-corrected chi connectivity index (χ4v) is 3.61. The van der Waals surface area contributed by atoms with Crippen molar-refractivity contribution in [2.45, 2.75) is 37.5 Å². The molecule has 1 aromatic carbocycles. The Morgan fingerprint density at radius 1 is 1.14 bits per heavy atom. The molecule has 2 heterocycles. The minimum absolute atomic E-state index is 0.0523. The molecule has 0 spiro atoms. The highest BCUT2D eigenvalue weighted by molar-refractivity contribution is 5.27. The second kappa shape index (κ2) is 8.17. The van der Waals surface area contributed by atoms with Crippen LogP contribution < -0.4 is 0 Å². The minimum atomic E-state index is -4.63. The van der Waals surface area contributed by atoms with Crippen LogP contribution in [0.5, 0.6) is 0 Å². The first-order valence-electron chi connectivity index (χ1n) is 9.30. The van der Waals surface area contributed by atoms with E-state index in [1.165, 1.54) is 0 Å². The van der Waals surface area contributed by atoms with E-state index in [9.17, 15) is 17.6 Å². The van der Waals surface area contributed by atoms with Crippen LogP contribution in [0.3, 0.4) is 0 Å². The molecule has 1 unspecified atom stereocenters. The van der Waals surface area contributed by atoms with Crippen molar-refractivity contribution in [3.63, 3.8) is 0 Å². The third kappa shape index (κ3) is 4.70. The molecule has 0 N–H and O–H groups in total. The number of alkyl halides is 3. The van der Waals surface area contributed by atoms with Crippen LogP contribution in [0.4, 0.5) is 17.6 Å². The van der Waals surface area contributed by atoms with E-state index in [1.807, 2.05) is 18.2 Å². The number of hydrogen-bond acceptors (Lipinski definition) is 3. The lowest BCUT2D eigenvalue weighted by atomic mass is 9.73. The maximum Gasteiger partial charge on any atom is 0.416 e. The molecule has 3 rings (SSSR count). The molecular formula is C21H24F4N2O. The Morgan fingerprint density at radius 2 is 1.79 bits per heavy atom.